The summed E-state index contributed by atoms with van der Waals surface area (Å²) in [7, 11) is 2.02. The Balaban J connectivity index is 1.24. The van der Waals surface area contributed by atoms with Crippen LogP contribution in [0.1, 0.15) is 21.8 Å². The van der Waals surface area contributed by atoms with Crippen LogP contribution in [0.3, 0.4) is 0 Å². The van der Waals surface area contributed by atoms with E-state index >= 15 is 0 Å². The van der Waals surface area contributed by atoms with Gasteiger partial charge in [0, 0.05) is 36.6 Å². The van der Waals surface area contributed by atoms with Crippen LogP contribution in [0.5, 0.6) is 0 Å². The zero-order chi connectivity index (χ0) is 24.2. The fourth-order valence-electron chi connectivity index (χ4n) is 3.68. The molecule has 0 amide bonds. The first-order chi connectivity index (χ1) is 17.0. The molecule has 4 aromatic rings. The van der Waals surface area contributed by atoms with Crippen molar-refractivity contribution in [2.45, 2.75) is 19.4 Å². The van der Waals surface area contributed by atoms with Gasteiger partial charge >= 0.3 is 5.97 Å². The van der Waals surface area contributed by atoms with Crippen molar-refractivity contribution in [1.82, 2.24) is 29.8 Å². The Morgan fingerprint density at radius 1 is 1.09 bits per heavy atom. The maximum atomic E-state index is 12.5. The van der Waals surface area contributed by atoms with Gasteiger partial charge in [0.05, 0.1) is 5.69 Å². The van der Waals surface area contributed by atoms with E-state index in [9.17, 15) is 4.79 Å². The standard InChI is InChI=1S/C24H24N8O2S/c1-15-4-3-5-18(27-15)22-25-9-6-20(30-22)29-21-7-10-26-24(31-21)28-16-12-19(35-14-16)23(33)34-17-8-11-32(2)13-17/h3-7,9-10,12,14,17H,8,11,13H2,1-2H3,(H2,25,26,28,29,30,31)/t17-/m1/s1. The number of likely N-dealkylation sites (tertiary alicyclic amines) is 1. The van der Waals surface area contributed by atoms with Crippen LogP contribution < -0.4 is 10.6 Å². The Morgan fingerprint density at radius 3 is 2.71 bits per heavy atom. The molecule has 0 aromatic carbocycles. The lowest BCUT2D eigenvalue weighted by molar-refractivity contribution is 0.0333. The van der Waals surface area contributed by atoms with E-state index in [-0.39, 0.29) is 12.1 Å². The number of hydrogen-bond acceptors (Lipinski definition) is 11. The molecule has 178 valence electrons. The third-order valence-corrected chi connectivity index (χ3v) is 6.27. The summed E-state index contributed by atoms with van der Waals surface area (Å²) in [5.74, 6) is 1.75. The first-order valence-corrected chi connectivity index (χ1v) is 12.0. The molecule has 1 aliphatic heterocycles. The molecule has 5 rings (SSSR count). The molecule has 11 heteroatoms. The Kier molecular flexibility index (Phi) is 6.59. The van der Waals surface area contributed by atoms with Gasteiger partial charge < -0.3 is 20.3 Å². The topological polar surface area (TPSA) is 118 Å². The summed E-state index contributed by atoms with van der Waals surface area (Å²) in [4.78, 5) is 37.3. The number of thiophene rings is 1. The molecule has 35 heavy (non-hydrogen) atoms. The highest BCUT2D eigenvalue weighted by molar-refractivity contribution is 7.12. The molecular weight excluding hydrogens is 464 g/mol. The quantitative estimate of drug-likeness (QED) is 0.369. The van der Waals surface area contributed by atoms with Gasteiger partial charge in [-0.05, 0) is 50.7 Å². The van der Waals surface area contributed by atoms with Crippen LogP contribution in [0.15, 0.2) is 54.2 Å². The van der Waals surface area contributed by atoms with Gasteiger partial charge in [-0.25, -0.2) is 24.7 Å². The second-order valence-electron chi connectivity index (χ2n) is 8.22. The van der Waals surface area contributed by atoms with Gasteiger partial charge in [-0.1, -0.05) is 6.07 Å². The van der Waals surface area contributed by atoms with E-state index in [1.165, 1.54) is 11.3 Å². The number of ether oxygens (including phenoxy) is 1. The van der Waals surface area contributed by atoms with Gasteiger partial charge in [0.25, 0.3) is 0 Å². The van der Waals surface area contributed by atoms with Gasteiger partial charge in [0.1, 0.15) is 28.3 Å². The number of hydrogen-bond donors (Lipinski definition) is 2. The molecule has 5 heterocycles. The third-order valence-electron chi connectivity index (χ3n) is 5.36. The van der Waals surface area contributed by atoms with Crippen molar-refractivity contribution < 1.29 is 9.53 Å². The smallest absolute Gasteiger partial charge is 0.348 e. The molecule has 0 saturated carbocycles. The van der Waals surface area contributed by atoms with Crippen molar-refractivity contribution in [3.05, 3.63) is 64.7 Å². The molecule has 1 atom stereocenters. The molecule has 0 spiro atoms. The van der Waals surface area contributed by atoms with E-state index in [4.69, 9.17) is 4.74 Å². The number of nitrogens with zero attached hydrogens (tertiary/aromatic N) is 6. The predicted octanol–water partition coefficient (Wildman–Crippen LogP) is 4.05. The van der Waals surface area contributed by atoms with Crippen LogP contribution in [0, 0.1) is 6.92 Å². The molecule has 2 N–H and O–H groups in total. The number of esters is 1. The van der Waals surface area contributed by atoms with E-state index in [0.29, 0.717) is 34.0 Å². The number of carbonyl (C=O) groups excluding carboxylic acids is 1. The van der Waals surface area contributed by atoms with Crippen molar-refractivity contribution in [1.29, 1.82) is 0 Å². The Hall–Kier alpha value is -3.96. The molecule has 0 aliphatic carbocycles. The molecular formula is C24H24N8O2S. The third kappa shape index (κ3) is 5.76. The number of likely N-dealkylation sites (N-methyl/N-ethyl adjacent to an activating group) is 1. The first kappa shape index (κ1) is 22.8. The van der Waals surface area contributed by atoms with Crippen molar-refractivity contribution >= 4 is 40.6 Å². The van der Waals surface area contributed by atoms with E-state index < -0.39 is 0 Å². The molecule has 0 bridgehead atoms. The van der Waals surface area contributed by atoms with Crippen LogP contribution in [0.25, 0.3) is 11.5 Å². The molecule has 1 fully saturated rings. The van der Waals surface area contributed by atoms with E-state index in [2.05, 4.69) is 40.5 Å². The second-order valence-corrected chi connectivity index (χ2v) is 9.13. The zero-order valence-electron chi connectivity index (χ0n) is 19.3. The van der Waals surface area contributed by atoms with Crippen molar-refractivity contribution in [2.24, 2.45) is 0 Å². The van der Waals surface area contributed by atoms with Crippen molar-refractivity contribution in [3.63, 3.8) is 0 Å². The summed E-state index contributed by atoms with van der Waals surface area (Å²) in [6.07, 6.45) is 4.12. The van der Waals surface area contributed by atoms with E-state index in [0.717, 1.165) is 30.9 Å². The molecule has 10 nitrogen and oxygen atoms in total. The number of rotatable bonds is 7. The Bertz CT molecular complexity index is 1340. The van der Waals surface area contributed by atoms with E-state index in [1.807, 2.05) is 37.6 Å². The first-order valence-electron chi connectivity index (χ1n) is 11.1. The number of carbonyl (C=O) groups is 1. The SMILES string of the molecule is Cc1cccc(-c2nccc(Nc3ccnc(Nc4csc(C(=O)O[C@@H]5CCN(C)C5)c4)n3)n2)n1. The van der Waals surface area contributed by atoms with Crippen LogP contribution in [-0.4, -0.2) is 62.0 Å². The van der Waals surface area contributed by atoms with Gasteiger partial charge in [-0.15, -0.1) is 11.3 Å². The molecule has 0 unspecified atom stereocenters. The zero-order valence-corrected chi connectivity index (χ0v) is 20.1. The maximum Gasteiger partial charge on any atom is 0.348 e. The average Bonchev–Trinajstić information content (AvgIpc) is 3.48. The average molecular weight is 489 g/mol. The van der Waals surface area contributed by atoms with Crippen LogP contribution in [-0.2, 0) is 4.74 Å². The number of aromatic nitrogens is 5. The minimum atomic E-state index is -0.303. The van der Waals surface area contributed by atoms with Crippen LogP contribution in [0.4, 0.5) is 23.3 Å². The second kappa shape index (κ2) is 10.1. The van der Waals surface area contributed by atoms with E-state index in [1.54, 1.807) is 30.6 Å². The minimum absolute atomic E-state index is 0.0545. The molecule has 1 aliphatic rings. The maximum absolute atomic E-state index is 12.5. The summed E-state index contributed by atoms with van der Waals surface area (Å²) >= 11 is 1.32. The fourth-order valence-corrected chi connectivity index (χ4v) is 4.40. The van der Waals surface area contributed by atoms with Gasteiger partial charge in [-0.3, -0.25) is 0 Å². The predicted molar refractivity (Wildman–Crippen MR) is 134 cm³/mol. The number of pyridine rings is 1. The van der Waals surface area contributed by atoms with Gasteiger partial charge in [0.15, 0.2) is 5.82 Å². The lowest BCUT2D eigenvalue weighted by Crippen LogP contribution is -2.21. The summed E-state index contributed by atoms with van der Waals surface area (Å²) in [5.41, 5.74) is 2.31. The highest BCUT2D eigenvalue weighted by Gasteiger charge is 2.24. The molecule has 4 aromatic heterocycles. The monoisotopic (exact) mass is 488 g/mol. The fraction of sp³-hybridized carbons (Fsp3) is 0.250. The minimum Gasteiger partial charge on any atom is -0.457 e. The lowest BCUT2D eigenvalue weighted by Gasteiger charge is -2.11. The Labute approximate surface area is 206 Å². The van der Waals surface area contributed by atoms with Gasteiger partial charge in [0.2, 0.25) is 5.95 Å². The summed E-state index contributed by atoms with van der Waals surface area (Å²) in [5, 5.41) is 8.16. The Morgan fingerprint density at radius 2 is 1.91 bits per heavy atom. The number of nitrogens with one attached hydrogen (secondary N) is 2. The number of aryl methyl sites for hydroxylation is 1. The summed E-state index contributed by atoms with van der Waals surface area (Å²) < 4.78 is 5.61. The molecule has 1 saturated heterocycles. The summed E-state index contributed by atoms with van der Waals surface area (Å²) in [6.45, 7) is 3.63. The lowest BCUT2D eigenvalue weighted by atomic mass is 10.3. The van der Waals surface area contributed by atoms with Crippen molar-refractivity contribution in [2.75, 3.05) is 30.8 Å². The summed E-state index contributed by atoms with van der Waals surface area (Å²) in [6, 6.07) is 11.0. The number of anilines is 4. The highest BCUT2D eigenvalue weighted by atomic mass is 32.1. The van der Waals surface area contributed by atoms with Crippen LogP contribution in [0.2, 0.25) is 0 Å². The highest BCUT2D eigenvalue weighted by Crippen LogP contribution is 2.25. The van der Waals surface area contributed by atoms with Crippen LogP contribution >= 0.6 is 11.3 Å². The normalized spacial score (nSPS) is 15.7. The molecule has 0 radical (unpaired) electrons. The van der Waals surface area contributed by atoms with Gasteiger partial charge in [-0.2, -0.15) is 4.98 Å². The van der Waals surface area contributed by atoms with Crippen molar-refractivity contribution in [3.8, 4) is 11.5 Å². The largest absolute Gasteiger partial charge is 0.457 e.